The van der Waals surface area contributed by atoms with Gasteiger partial charge < -0.3 is 16.4 Å². The molecule has 1 fully saturated rings. The third kappa shape index (κ3) is 4.19. The molecule has 1 aliphatic heterocycles. The fourth-order valence-corrected chi connectivity index (χ4v) is 4.54. The predicted molar refractivity (Wildman–Crippen MR) is 126 cm³/mol. The molecular weight excluding hydrogens is 419 g/mol. The normalized spacial score (nSPS) is 17.7. The zero-order valence-electron chi connectivity index (χ0n) is 18.5. The van der Waals surface area contributed by atoms with E-state index in [-0.39, 0.29) is 5.41 Å². The molecule has 4 aromatic heterocycles. The molecule has 1 aliphatic rings. The molecule has 0 amide bonds. The van der Waals surface area contributed by atoms with Gasteiger partial charge in [-0.15, -0.1) is 0 Å². The maximum absolute atomic E-state index is 13.5. The Morgan fingerprint density at radius 1 is 1.12 bits per heavy atom. The topological polar surface area (TPSA) is 115 Å². The number of nitrogens with one attached hydrogen (secondary N) is 2. The van der Waals surface area contributed by atoms with Crippen molar-refractivity contribution >= 4 is 28.2 Å². The van der Waals surface area contributed by atoms with Crippen molar-refractivity contribution < 1.29 is 4.39 Å². The fourth-order valence-electron chi connectivity index (χ4n) is 4.54. The van der Waals surface area contributed by atoms with Crippen LogP contribution in [0.25, 0.3) is 22.3 Å². The van der Waals surface area contributed by atoms with E-state index < -0.39 is 5.82 Å². The highest BCUT2D eigenvalue weighted by Crippen LogP contribution is 2.43. The van der Waals surface area contributed by atoms with Crippen molar-refractivity contribution in [1.29, 1.82) is 0 Å². The quantitative estimate of drug-likeness (QED) is 0.432. The lowest BCUT2D eigenvalue weighted by Crippen LogP contribution is -2.41. The van der Waals surface area contributed by atoms with Gasteiger partial charge in [0.2, 0.25) is 0 Å². The number of hydrogen-bond acceptors (Lipinski definition) is 8. The Bertz CT molecular complexity index is 1320. The Balaban J connectivity index is 1.53. The van der Waals surface area contributed by atoms with Crippen LogP contribution in [0.5, 0.6) is 0 Å². The van der Waals surface area contributed by atoms with Crippen LogP contribution in [-0.2, 0) is 0 Å². The second kappa shape index (κ2) is 8.32. The van der Waals surface area contributed by atoms with Crippen LogP contribution in [0.3, 0.4) is 0 Å². The van der Waals surface area contributed by atoms with Crippen LogP contribution in [0.1, 0.15) is 31.7 Å². The summed E-state index contributed by atoms with van der Waals surface area (Å²) < 4.78 is 13.5. The summed E-state index contributed by atoms with van der Waals surface area (Å²) in [4.78, 5) is 22.0. The maximum atomic E-state index is 13.5. The van der Waals surface area contributed by atoms with Crippen LogP contribution in [0.15, 0.2) is 49.2 Å². The summed E-state index contributed by atoms with van der Waals surface area (Å²) in [5.41, 5.74) is 9.60. The average Bonchev–Trinajstić information content (AvgIpc) is 2.78. The number of piperidine rings is 1. The number of nitrogens with zero attached hydrogens (tertiary/aromatic N) is 5. The molecule has 4 N–H and O–H groups in total. The first-order valence-electron chi connectivity index (χ1n) is 10.9. The third-order valence-corrected chi connectivity index (χ3v) is 6.17. The summed E-state index contributed by atoms with van der Waals surface area (Å²) in [6, 6.07) is 4.95. The van der Waals surface area contributed by atoms with Crippen molar-refractivity contribution in [2.75, 3.05) is 24.1 Å². The molecule has 1 atom stereocenters. The van der Waals surface area contributed by atoms with Crippen LogP contribution in [0, 0.1) is 11.2 Å². The van der Waals surface area contributed by atoms with E-state index in [2.05, 4.69) is 44.4 Å². The van der Waals surface area contributed by atoms with Gasteiger partial charge in [0.1, 0.15) is 17.5 Å². The Labute approximate surface area is 190 Å². The molecule has 8 nitrogen and oxygen atoms in total. The molecule has 0 aliphatic carbocycles. The van der Waals surface area contributed by atoms with E-state index >= 15 is 0 Å². The van der Waals surface area contributed by atoms with Gasteiger partial charge in [-0.3, -0.25) is 9.97 Å². The Hall–Kier alpha value is -3.72. The van der Waals surface area contributed by atoms with E-state index in [1.54, 1.807) is 18.5 Å². The van der Waals surface area contributed by atoms with Crippen molar-refractivity contribution in [1.82, 2.24) is 30.2 Å². The summed E-state index contributed by atoms with van der Waals surface area (Å²) in [6.45, 7) is 6.40. The Kier molecular flexibility index (Phi) is 5.33. The van der Waals surface area contributed by atoms with Gasteiger partial charge in [0.15, 0.2) is 5.82 Å². The second-order valence-corrected chi connectivity index (χ2v) is 9.01. The van der Waals surface area contributed by atoms with Gasteiger partial charge in [0.05, 0.1) is 29.8 Å². The highest BCUT2D eigenvalue weighted by molar-refractivity contribution is 5.92. The van der Waals surface area contributed by atoms with Crippen molar-refractivity contribution in [2.24, 2.45) is 5.41 Å². The van der Waals surface area contributed by atoms with Gasteiger partial charge in [-0.25, -0.2) is 19.3 Å². The molecule has 1 saturated heterocycles. The molecule has 33 heavy (non-hydrogen) atoms. The zero-order valence-corrected chi connectivity index (χ0v) is 18.5. The number of nitrogen functional groups attached to an aromatic ring is 1. The maximum Gasteiger partial charge on any atom is 0.162 e. The lowest BCUT2D eigenvalue weighted by atomic mass is 9.71. The highest BCUT2D eigenvalue weighted by Gasteiger charge is 2.35. The first-order chi connectivity index (χ1) is 15.9. The zero-order chi connectivity index (χ0) is 23.0. The van der Waals surface area contributed by atoms with Crippen LogP contribution in [-0.4, -0.2) is 38.0 Å². The first kappa shape index (κ1) is 21.1. The second-order valence-electron chi connectivity index (χ2n) is 9.01. The minimum Gasteiger partial charge on any atom is -0.383 e. The van der Waals surface area contributed by atoms with Gasteiger partial charge in [0.25, 0.3) is 0 Å². The molecule has 4 aromatic rings. The van der Waals surface area contributed by atoms with Crippen LogP contribution in [0.2, 0.25) is 0 Å². The summed E-state index contributed by atoms with van der Waals surface area (Å²) in [6.07, 6.45) is 8.95. The van der Waals surface area contributed by atoms with Crippen LogP contribution in [0.4, 0.5) is 21.7 Å². The smallest absolute Gasteiger partial charge is 0.162 e. The number of rotatable bonds is 4. The molecule has 0 unspecified atom stereocenters. The van der Waals surface area contributed by atoms with Gasteiger partial charge in [-0.1, -0.05) is 13.8 Å². The van der Waals surface area contributed by atoms with Crippen molar-refractivity contribution in [3.05, 3.63) is 60.6 Å². The van der Waals surface area contributed by atoms with E-state index in [0.717, 1.165) is 42.2 Å². The molecule has 0 aromatic carbocycles. The molecular formula is C24H25FN8. The van der Waals surface area contributed by atoms with E-state index in [1.165, 1.54) is 12.3 Å². The van der Waals surface area contributed by atoms with Gasteiger partial charge in [-0.2, -0.15) is 0 Å². The van der Waals surface area contributed by atoms with Crippen molar-refractivity contribution in [3.63, 3.8) is 0 Å². The minimum absolute atomic E-state index is 0.0662. The summed E-state index contributed by atoms with van der Waals surface area (Å²) >= 11 is 0. The van der Waals surface area contributed by atoms with Crippen molar-refractivity contribution in [3.8, 4) is 11.4 Å². The third-order valence-electron chi connectivity index (χ3n) is 6.17. The average molecular weight is 445 g/mol. The number of pyridine rings is 3. The van der Waals surface area contributed by atoms with Gasteiger partial charge >= 0.3 is 0 Å². The van der Waals surface area contributed by atoms with Gasteiger partial charge in [0, 0.05) is 36.0 Å². The SMILES string of the molecule is CC1(C)CNCC[C@@H]1c1cncc2nc(-c3ccnc(Nc4cncc(F)c4)c3)nc(N)c12. The number of anilines is 3. The summed E-state index contributed by atoms with van der Waals surface area (Å²) in [5, 5.41) is 7.39. The molecule has 0 saturated carbocycles. The largest absolute Gasteiger partial charge is 0.383 e. The predicted octanol–water partition coefficient (Wildman–Crippen LogP) is 4.05. The van der Waals surface area contributed by atoms with Gasteiger partial charge in [-0.05, 0) is 42.0 Å². The summed E-state index contributed by atoms with van der Waals surface area (Å²) in [7, 11) is 0. The lowest BCUT2D eigenvalue weighted by Gasteiger charge is -2.39. The number of aromatic nitrogens is 5. The number of nitrogens with two attached hydrogens (primary N) is 1. The Morgan fingerprint density at radius 3 is 2.79 bits per heavy atom. The molecule has 5 rings (SSSR count). The Morgan fingerprint density at radius 2 is 1.97 bits per heavy atom. The van der Waals surface area contributed by atoms with Crippen LogP contribution >= 0.6 is 0 Å². The number of halogens is 1. The molecule has 0 spiro atoms. The number of fused-ring (bicyclic) bond motifs is 1. The molecule has 0 radical (unpaired) electrons. The minimum atomic E-state index is -0.429. The monoisotopic (exact) mass is 444 g/mol. The first-order valence-corrected chi connectivity index (χ1v) is 10.9. The fraction of sp³-hybridized carbons (Fsp3) is 0.292. The number of hydrogen-bond donors (Lipinski definition) is 3. The standard InChI is InChI=1S/C24H25FN8/c1-24(2)13-27-5-4-18(24)17-11-29-12-19-21(17)22(26)33-23(32-19)14-3-6-30-20(7-14)31-16-8-15(25)9-28-10-16/h3,6-12,18,27H,4-5,13H2,1-2H3,(H,30,31)(H2,26,32,33)/t18-/m1/s1. The molecule has 9 heteroatoms. The van der Waals surface area contributed by atoms with Crippen molar-refractivity contribution in [2.45, 2.75) is 26.2 Å². The van der Waals surface area contributed by atoms with E-state index in [4.69, 9.17) is 10.7 Å². The molecule has 5 heterocycles. The summed E-state index contributed by atoms with van der Waals surface area (Å²) in [5.74, 6) is 1.31. The van der Waals surface area contributed by atoms with E-state index in [9.17, 15) is 4.39 Å². The van der Waals surface area contributed by atoms with Crippen LogP contribution < -0.4 is 16.4 Å². The van der Waals surface area contributed by atoms with E-state index in [0.29, 0.717) is 34.6 Å². The van der Waals surface area contributed by atoms with E-state index in [1.807, 2.05) is 12.3 Å². The molecule has 168 valence electrons. The highest BCUT2D eigenvalue weighted by atomic mass is 19.1. The lowest BCUT2D eigenvalue weighted by molar-refractivity contribution is 0.220. The molecule has 0 bridgehead atoms.